The molecule has 3 N–H and O–H groups in total. The van der Waals surface area contributed by atoms with E-state index in [-0.39, 0.29) is 12.0 Å². The van der Waals surface area contributed by atoms with Crippen LogP contribution in [0, 0.1) is 5.92 Å². The summed E-state index contributed by atoms with van der Waals surface area (Å²) in [4.78, 5) is 14.5. The van der Waals surface area contributed by atoms with E-state index in [4.69, 9.17) is 0 Å². The maximum atomic E-state index is 12.5. The van der Waals surface area contributed by atoms with E-state index in [9.17, 15) is 20.1 Å². The Kier molecular flexibility index (Phi) is 4.64. The second kappa shape index (κ2) is 6.32. The van der Waals surface area contributed by atoms with Gasteiger partial charge in [0.2, 0.25) is 0 Å². The molecule has 0 aromatic carbocycles. The van der Waals surface area contributed by atoms with E-state index in [1.807, 2.05) is 4.90 Å². The van der Waals surface area contributed by atoms with Crippen LogP contribution < -0.4 is 0 Å². The predicted octanol–water partition coefficient (Wildman–Crippen LogP) is 0.455. The first-order chi connectivity index (χ1) is 10.1. The molecule has 0 aromatic rings. The number of Topliss-reactive ketones (excluding diaryl/α,β-unsaturated/α-hetero) is 1. The Morgan fingerprint density at radius 3 is 2.38 bits per heavy atom. The second-order valence-corrected chi connectivity index (χ2v) is 7.05. The Morgan fingerprint density at radius 2 is 1.67 bits per heavy atom. The predicted molar refractivity (Wildman–Crippen MR) is 77.7 cm³/mol. The summed E-state index contributed by atoms with van der Waals surface area (Å²) in [7, 11) is 0. The van der Waals surface area contributed by atoms with E-state index in [1.54, 1.807) is 0 Å². The summed E-state index contributed by atoms with van der Waals surface area (Å²) in [6, 6.07) is -0.336. The Labute approximate surface area is 125 Å². The first kappa shape index (κ1) is 15.4. The van der Waals surface area contributed by atoms with Crippen LogP contribution in [0.15, 0.2) is 0 Å². The molecule has 0 aromatic heterocycles. The van der Waals surface area contributed by atoms with Gasteiger partial charge in [-0.15, -0.1) is 0 Å². The smallest absolute Gasteiger partial charge is 0.137 e. The number of hydrogen-bond acceptors (Lipinski definition) is 5. The van der Waals surface area contributed by atoms with Gasteiger partial charge in [-0.2, -0.15) is 0 Å². The lowest BCUT2D eigenvalue weighted by atomic mass is 9.82. The van der Waals surface area contributed by atoms with Gasteiger partial charge in [0.1, 0.15) is 5.78 Å². The molecule has 21 heavy (non-hydrogen) atoms. The van der Waals surface area contributed by atoms with Crippen LogP contribution in [0.1, 0.15) is 51.4 Å². The van der Waals surface area contributed by atoms with Gasteiger partial charge in [-0.25, -0.2) is 0 Å². The van der Waals surface area contributed by atoms with Crippen molar-refractivity contribution in [1.29, 1.82) is 0 Å². The van der Waals surface area contributed by atoms with Gasteiger partial charge >= 0.3 is 0 Å². The molecule has 0 bridgehead atoms. The van der Waals surface area contributed by atoms with Gasteiger partial charge in [-0.3, -0.25) is 9.69 Å². The van der Waals surface area contributed by atoms with Crippen molar-refractivity contribution in [2.24, 2.45) is 5.92 Å². The number of piperidine rings is 1. The minimum atomic E-state index is -0.896. The minimum Gasteiger partial charge on any atom is -0.391 e. The quantitative estimate of drug-likeness (QED) is 0.705. The fourth-order valence-corrected chi connectivity index (χ4v) is 4.45. The summed E-state index contributed by atoms with van der Waals surface area (Å²) in [5.74, 6) is 0.548. The molecule has 3 rings (SSSR count). The van der Waals surface area contributed by atoms with Crippen molar-refractivity contribution in [2.45, 2.75) is 81.8 Å². The molecular weight excluding hydrogens is 270 g/mol. The normalized spacial score (nSPS) is 42.0. The van der Waals surface area contributed by atoms with Crippen LogP contribution in [0.25, 0.3) is 0 Å². The van der Waals surface area contributed by atoms with Crippen molar-refractivity contribution in [2.75, 3.05) is 6.54 Å². The lowest BCUT2D eigenvalue weighted by Crippen LogP contribution is -2.54. The van der Waals surface area contributed by atoms with Crippen LogP contribution in [0.3, 0.4) is 0 Å². The average Bonchev–Trinajstić information content (AvgIpc) is 2.80. The number of carbonyl (C=O) groups excluding carboxylic acids is 1. The van der Waals surface area contributed by atoms with Crippen molar-refractivity contribution in [3.8, 4) is 0 Å². The molecule has 1 aliphatic carbocycles. The van der Waals surface area contributed by atoms with Gasteiger partial charge in [0.25, 0.3) is 0 Å². The van der Waals surface area contributed by atoms with Gasteiger partial charge in [-0.05, 0) is 25.7 Å². The Balaban J connectivity index is 1.64. The molecule has 0 radical (unpaired) electrons. The Hall–Kier alpha value is -0.490. The number of nitrogens with zero attached hydrogens (tertiary/aromatic N) is 1. The molecule has 3 fully saturated rings. The van der Waals surface area contributed by atoms with Crippen molar-refractivity contribution in [3.63, 3.8) is 0 Å². The van der Waals surface area contributed by atoms with Crippen LogP contribution in [0.2, 0.25) is 0 Å². The lowest BCUT2D eigenvalue weighted by Gasteiger charge is -2.41. The third kappa shape index (κ3) is 3.02. The van der Waals surface area contributed by atoms with Gasteiger partial charge < -0.3 is 15.3 Å². The molecule has 1 saturated carbocycles. The number of fused-ring (bicyclic) bond motifs is 1. The molecule has 0 unspecified atom stereocenters. The van der Waals surface area contributed by atoms with E-state index in [0.717, 1.165) is 32.1 Å². The monoisotopic (exact) mass is 297 g/mol. The molecular formula is C16H27NO4. The van der Waals surface area contributed by atoms with E-state index in [0.29, 0.717) is 25.2 Å². The number of carbonyl (C=O) groups is 1. The summed E-state index contributed by atoms with van der Waals surface area (Å²) < 4.78 is 0. The highest BCUT2D eigenvalue weighted by molar-refractivity contribution is 5.81. The SMILES string of the molecule is O=C(C[C@@H]1CC[C@@H](O)[C@@H]2[C@H](O)[C@H](O)CN12)C1CCCCC1. The Bertz CT molecular complexity index is 382. The molecule has 2 aliphatic heterocycles. The minimum absolute atomic E-state index is 0.0691. The maximum Gasteiger partial charge on any atom is 0.137 e. The van der Waals surface area contributed by atoms with Crippen LogP contribution in [0.5, 0.6) is 0 Å². The zero-order chi connectivity index (χ0) is 15.0. The summed E-state index contributed by atoms with van der Waals surface area (Å²) in [5, 5.41) is 30.0. The molecule has 0 amide bonds. The van der Waals surface area contributed by atoms with Gasteiger partial charge in [0.05, 0.1) is 24.4 Å². The molecule has 2 heterocycles. The van der Waals surface area contributed by atoms with Crippen molar-refractivity contribution < 1.29 is 20.1 Å². The zero-order valence-electron chi connectivity index (χ0n) is 12.5. The number of aliphatic hydroxyl groups is 3. The molecule has 120 valence electrons. The zero-order valence-corrected chi connectivity index (χ0v) is 12.5. The topological polar surface area (TPSA) is 81.0 Å². The molecule has 5 heteroatoms. The van der Waals surface area contributed by atoms with Gasteiger partial charge in [0, 0.05) is 24.9 Å². The standard InChI is InChI=1S/C16H27NO4/c18-12-7-6-11(17-9-14(20)16(21)15(12)17)8-13(19)10-4-2-1-3-5-10/h10-12,14-16,18,20-21H,1-9H2/t11-,12+,14+,15+,16+/m0/s1. The fraction of sp³-hybridized carbons (Fsp3) is 0.938. The van der Waals surface area contributed by atoms with E-state index >= 15 is 0 Å². The largest absolute Gasteiger partial charge is 0.391 e. The van der Waals surface area contributed by atoms with Gasteiger partial charge in [0.15, 0.2) is 0 Å². The molecule has 3 aliphatic rings. The van der Waals surface area contributed by atoms with Crippen LogP contribution in [-0.4, -0.2) is 62.9 Å². The highest BCUT2D eigenvalue weighted by Crippen LogP contribution is 2.35. The highest BCUT2D eigenvalue weighted by Gasteiger charge is 2.49. The molecule has 5 nitrogen and oxygen atoms in total. The van der Waals surface area contributed by atoms with E-state index in [2.05, 4.69) is 0 Å². The maximum absolute atomic E-state index is 12.5. The van der Waals surface area contributed by atoms with E-state index in [1.165, 1.54) is 6.42 Å². The lowest BCUT2D eigenvalue weighted by molar-refractivity contribution is -0.126. The number of hydrogen-bond donors (Lipinski definition) is 3. The first-order valence-corrected chi connectivity index (χ1v) is 8.40. The average molecular weight is 297 g/mol. The molecule has 0 spiro atoms. The van der Waals surface area contributed by atoms with E-state index < -0.39 is 24.4 Å². The van der Waals surface area contributed by atoms with Crippen LogP contribution >= 0.6 is 0 Å². The summed E-state index contributed by atoms with van der Waals surface area (Å²) >= 11 is 0. The molecule has 2 saturated heterocycles. The van der Waals surface area contributed by atoms with Crippen molar-refractivity contribution >= 4 is 5.78 Å². The van der Waals surface area contributed by atoms with Crippen molar-refractivity contribution in [3.05, 3.63) is 0 Å². The van der Waals surface area contributed by atoms with Crippen molar-refractivity contribution in [1.82, 2.24) is 4.90 Å². The van der Waals surface area contributed by atoms with Crippen LogP contribution in [0.4, 0.5) is 0 Å². The fourth-order valence-electron chi connectivity index (χ4n) is 4.45. The Morgan fingerprint density at radius 1 is 0.952 bits per heavy atom. The number of rotatable bonds is 3. The second-order valence-electron chi connectivity index (χ2n) is 7.05. The number of aliphatic hydroxyl groups excluding tert-OH is 3. The summed E-state index contributed by atoms with van der Waals surface area (Å²) in [6.45, 7) is 0.367. The number of ketones is 1. The summed E-state index contributed by atoms with van der Waals surface area (Å²) in [6.07, 6.45) is 5.17. The van der Waals surface area contributed by atoms with Gasteiger partial charge in [-0.1, -0.05) is 19.3 Å². The summed E-state index contributed by atoms with van der Waals surface area (Å²) in [5.41, 5.74) is 0. The highest BCUT2D eigenvalue weighted by atomic mass is 16.3. The van der Waals surface area contributed by atoms with Crippen LogP contribution in [-0.2, 0) is 4.79 Å². The first-order valence-electron chi connectivity index (χ1n) is 8.40. The third-order valence-corrected chi connectivity index (χ3v) is 5.68. The molecule has 5 atom stereocenters. The third-order valence-electron chi connectivity index (χ3n) is 5.68.